The summed E-state index contributed by atoms with van der Waals surface area (Å²) in [6.07, 6.45) is 3.30. The topological polar surface area (TPSA) is 84.0 Å². The predicted molar refractivity (Wildman–Crippen MR) is 103 cm³/mol. The van der Waals surface area contributed by atoms with Gasteiger partial charge in [0.1, 0.15) is 12.1 Å². The van der Waals surface area contributed by atoms with Gasteiger partial charge in [0, 0.05) is 22.0 Å². The molecule has 2 heterocycles. The van der Waals surface area contributed by atoms with Gasteiger partial charge in [0.2, 0.25) is 0 Å². The van der Waals surface area contributed by atoms with Crippen LogP contribution in [0.3, 0.4) is 0 Å². The standard InChI is InChI=1S/C20H12ClN5O/c21-15-5-6-18(14(7-15)8-22)25-12-16(9-23)26(20(25)27)19-11-24-10-13-3-1-2-4-17(13)19/h1-7,10-11,16H,12H2/t16-/m1/s1. The maximum Gasteiger partial charge on any atom is 0.330 e. The molecule has 2 amide bonds. The van der Waals surface area contributed by atoms with Crippen LogP contribution in [0.2, 0.25) is 5.02 Å². The number of benzene rings is 2. The Bertz CT molecular complexity index is 1140. The lowest BCUT2D eigenvalue weighted by Crippen LogP contribution is -2.34. The van der Waals surface area contributed by atoms with Crippen molar-refractivity contribution in [3.8, 4) is 12.1 Å². The summed E-state index contributed by atoms with van der Waals surface area (Å²) in [4.78, 5) is 20.3. The van der Waals surface area contributed by atoms with Gasteiger partial charge in [0.05, 0.1) is 35.7 Å². The second-order valence-corrected chi connectivity index (χ2v) is 6.50. The van der Waals surface area contributed by atoms with Gasteiger partial charge in [-0.1, -0.05) is 35.9 Å². The maximum absolute atomic E-state index is 13.2. The molecule has 27 heavy (non-hydrogen) atoms. The number of anilines is 2. The van der Waals surface area contributed by atoms with Crippen LogP contribution in [-0.4, -0.2) is 23.6 Å². The zero-order chi connectivity index (χ0) is 19.0. The third kappa shape index (κ3) is 2.73. The Morgan fingerprint density at radius 2 is 1.93 bits per heavy atom. The van der Waals surface area contributed by atoms with Crippen LogP contribution in [0.1, 0.15) is 5.56 Å². The quantitative estimate of drug-likeness (QED) is 0.677. The predicted octanol–water partition coefficient (Wildman–Crippen LogP) is 4.10. The second kappa shape index (κ2) is 6.60. The van der Waals surface area contributed by atoms with E-state index in [0.29, 0.717) is 16.4 Å². The molecule has 2 aromatic carbocycles. The first-order valence-electron chi connectivity index (χ1n) is 8.17. The van der Waals surface area contributed by atoms with Crippen LogP contribution in [0.15, 0.2) is 54.9 Å². The molecule has 130 valence electrons. The van der Waals surface area contributed by atoms with Crippen molar-refractivity contribution in [2.75, 3.05) is 16.3 Å². The normalized spacial score (nSPS) is 16.4. The van der Waals surface area contributed by atoms with Gasteiger partial charge in [0.25, 0.3) is 0 Å². The number of amides is 2. The first-order chi connectivity index (χ1) is 13.1. The van der Waals surface area contributed by atoms with Gasteiger partial charge in [-0.25, -0.2) is 4.79 Å². The van der Waals surface area contributed by atoms with Gasteiger partial charge in [-0.15, -0.1) is 0 Å². The van der Waals surface area contributed by atoms with Gasteiger partial charge < -0.3 is 0 Å². The van der Waals surface area contributed by atoms with E-state index in [1.54, 1.807) is 24.5 Å². The average Bonchev–Trinajstić information content (AvgIpc) is 3.03. The van der Waals surface area contributed by atoms with Crippen molar-refractivity contribution in [2.24, 2.45) is 0 Å². The minimum absolute atomic E-state index is 0.148. The number of carbonyl (C=O) groups excluding carboxylic acids is 1. The van der Waals surface area contributed by atoms with Crippen LogP contribution in [0.25, 0.3) is 10.8 Å². The van der Waals surface area contributed by atoms with Crippen LogP contribution in [-0.2, 0) is 0 Å². The molecule has 1 aliphatic rings. The van der Waals surface area contributed by atoms with Crippen molar-refractivity contribution in [3.05, 3.63) is 65.4 Å². The van der Waals surface area contributed by atoms with E-state index in [0.717, 1.165) is 10.8 Å². The highest BCUT2D eigenvalue weighted by molar-refractivity contribution is 6.30. The maximum atomic E-state index is 13.2. The van der Waals surface area contributed by atoms with E-state index in [2.05, 4.69) is 17.1 Å². The van der Waals surface area contributed by atoms with Crippen LogP contribution < -0.4 is 9.80 Å². The van der Waals surface area contributed by atoms with Gasteiger partial charge in [-0.3, -0.25) is 14.8 Å². The van der Waals surface area contributed by atoms with Crippen molar-refractivity contribution in [1.82, 2.24) is 4.98 Å². The first-order valence-corrected chi connectivity index (χ1v) is 8.54. The number of urea groups is 1. The third-order valence-electron chi connectivity index (χ3n) is 4.53. The number of nitriles is 2. The van der Waals surface area contributed by atoms with Gasteiger partial charge in [-0.2, -0.15) is 10.5 Å². The zero-order valence-electron chi connectivity index (χ0n) is 14.0. The summed E-state index contributed by atoms with van der Waals surface area (Å²) in [6, 6.07) is 15.5. The zero-order valence-corrected chi connectivity index (χ0v) is 14.8. The number of rotatable bonds is 2. The molecule has 1 saturated heterocycles. The number of aromatic nitrogens is 1. The van der Waals surface area contributed by atoms with E-state index < -0.39 is 6.04 Å². The second-order valence-electron chi connectivity index (χ2n) is 6.06. The molecule has 0 N–H and O–H groups in total. The lowest BCUT2D eigenvalue weighted by molar-refractivity contribution is 0.255. The average molecular weight is 374 g/mol. The highest BCUT2D eigenvalue weighted by Gasteiger charge is 2.40. The lowest BCUT2D eigenvalue weighted by Gasteiger charge is -2.21. The van der Waals surface area contributed by atoms with Gasteiger partial charge in [0.15, 0.2) is 0 Å². The Morgan fingerprint density at radius 1 is 1.11 bits per heavy atom. The van der Waals surface area contributed by atoms with Crippen molar-refractivity contribution in [2.45, 2.75) is 6.04 Å². The van der Waals surface area contributed by atoms with Crippen LogP contribution in [0, 0.1) is 22.7 Å². The number of halogens is 1. The summed E-state index contributed by atoms with van der Waals surface area (Å²) >= 11 is 5.96. The molecule has 0 spiro atoms. The highest BCUT2D eigenvalue weighted by atomic mass is 35.5. The fraction of sp³-hybridized carbons (Fsp3) is 0.100. The molecule has 1 aromatic heterocycles. The molecule has 3 aromatic rings. The molecule has 0 unspecified atom stereocenters. The summed E-state index contributed by atoms with van der Waals surface area (Å²) < 4.78 is 0. The van der Waals surface area contributed by atoms with Crippen molar-refractivity contribution >= 4 is 39.8 Å². The lowest BCUT2D eigenvalue weighted by atomic mass is 10.1. The van der Waals surface area contributed by atoms with E-state index in [-0.39, 0.29) is 18.1 Å². The number of pyridine rings is 1. The van der Waals surface area contributed by atoms with Crippen LogP contribution in [0.5, 0.6) is 0 Å². The Hall–Kier alpha value is -3.61. The minimum atomic E-state index is -0.702. The number of fused-ring (bicyclic) bond motifs is 1. The van der Waals surface area contributed by atoms with Crippen molar-refractivity contribution < 1.29 is 4.79 Å². The highest BCUT2D eigenvalue weighted by Crippen LogP contribution is 2.34. The largest absolute Gasteiger partial charge is 0.330 e. The smallest absolute Gasteiger partial charge is 0.289 e. The fourth-order valence-electron chi connectivity index (χ4n) is 3.29. The molecule has 0 saturated carbocycles. The summed E-state index contributed by atoms with van der Waals surface area (Å²) in [6.45, 7) is 0.148. The molecule has 1 fully saturated rings. The fourth-order valence-corrected chi connectivity index (χ4v) is 3.46. The summed E-state index contributed by atoms with van der Waals surface area (Å²) in [5, 5.41) is 21.2. The van der Waals surface area contributed by atoms with E-state index in [4.69, 9.17) is 11.6 Å². The molecular weight excluding hydrogens is 362 g/mol. The Morgan fingerprint density at radius 3 is 2.70 bits per heavy atom. The van der Waals surface area contributed by atoms with Crippen LogP contribution in [0.4, 0.5) is 16.2 Å². The number of carbonyl (C=O) groups is 1. The van der Waals surface area contributed by atoms with Gasteiger partial charge >= 0.3 is 6.03 Å². The number of hydrogen-bond donors (Lipinski definition) is 0. The first kappa shape index (κ1) is 16.8. The molecular formula is C20H12ClN5O. The van der Waals surface area contributed by atoms with E-state index in [9.17, 15) is 15.3 Å². The van der Waals surface area contributed by atoms with E-state index in [1.165, 1.54) is 15.9 Å². The van der Waals surface area contributed by atoms with Crippen molar-refractivity contribution in [3.63, 3.8) is 0 Å². The van der Waals surface area contributed by atoms with Gasteiger partial charge in [-0.05, 0) is 18.2 Å². The molecule has 7 heteroatoms. The molecule has 0 radical (unpaired) electrons. The summed E-state index contributed by atoms with van der Waals surface area (Å²) in [7, 11) is 0. The minimum Gasteiger partial charge on any atom is -0.289 e. The Labute approximate surface area is 160 Å². The molecule has 1 aliphatic heterocycles. The Balaban J connectivity index is 1.83. The van der Waals surface area contributed by atoms with E-state index >= 15 is 0 Å². The Kier molecular flexibility index (Phi) is 4.12. The monoisotopic (exact) mass is 373 g/mol. The summed E-state index contributed by atoms with van der Waals surface area (Å²) in [5.41, 5.74) is 1.29. The molecule has 4 rings (SSSR count). The van der Waals surface area contributed by atoms with Crippen molar-refractivity contribution in [1.29, 1.82) is 10.5 Å². The van der Waals surface area contributed by atoms with Crippen LogP contribution >= 0.6 is 11.6 Å². The number of hydrogen-bond acceptors (Lipinski definition) is 4. The summed E-state index contributed by atoms with van der Waals surface area (Å²) in [5.74, 6) is 0. The number of nitrogens with zero attached hydrogens (tertiary/aromatic N) is 5. The molecule has 6 nitrogen and oxygen atoms in total. The third-order valence-corrected chi connectivity index (χ3v) is 4.76. The molecule has 1 atom stereocenters. The SMILES string of the molecule is N#Cc1cc(Cl)ccc1N1C[C@@H](C#N)N(c2cncc3ccccc23)C1=O. The molecule has 0 aliphatic carbocycles. The molecule has 0 bridgehead atoms. The van der Waals surface area contributed by atoms with E-state index in [1.807, 2.05) is 24.3 Å².